The predicted molar refractivity (Wildman–Crippen MR) is 120 cm³/mol. The van der Waals surface area contributed by atoms with E-state index in [1.807, 2.05) is 41.3 Å². The minimum absolute atomic E-state index is 0. The summed E-state index contributed by atoms with van der Waals surface area (Å²) in [7, 11) is 1.66. The van der Waals surface area contributed by atoms with Gasteiger partial charge in [-0.05, 0) is 35.9 Å². The van der Waals surface area contributed by atoms with Gasteiger partial charge in [0.2, 0.25) is 0 Å². The molecule has 2 aromatic rings. The second kappa shape index (κ2) is 10.1. The number of rotatable bonds is 4. The van der Waals surface area contributed by atoms with Crippen LogP contribution >= 0.6 is 24.8 Å². The minimum Gasteiger partial charge on any atom is -0.497 e. The smallest absolute Gasteiger partial charge is 0.189 e. The molecule has 0 spiro atoms. The average molecular weight is 437 g/mol. The maximum absolute atomic E-state index is 12.5. The number of allylic oxidation sites excluding steroid dienone is 1. The van der Waals surface area contributed by atoms with Crippen LogP contribution in [0.15, 0.2) is 60.2 Å². The summed E-state index contributed by atoms with van der Waals surface area (Å²) in [5.41, 5.74) is 3.66. The Morgan fingerprint density at radius 3 is 2.28 bits per heavy atom. The highest BCUT2D eigenvalue weighted by Gasteiger charge is 2.27. The molecule has 1 fully saturated rings. The van der Waals surface area contributed by atoms with E-state index in [4.69, 9.17) is 4.74 Å². The van der Waals surface area contributed by atoms with Crippen molar-refractivity contribution in [3.8, 4) is 5.75 Å². The van der Waals surface area contributed by atoms with Crippen LogP contribution in [0.4, 0.5) is 5.69 Å². The van der Waals surface area contributed by atoms with Crippen LogP contribution in [0.5, 0.6) is 5.75 Å². The van der Waals surface area contributed by atoms with Gasteiger partial charge >= 0.3 is 0 Å². The van der Waals surface area contributed by atoms with Crippen molar-refractivity contribution < 1.29 is 14.6 Å². The molecule has 0 saturated carbocycles. The first kappa shape index (κ1) is 23.2. The van der Waals surface area contributed by atoms with Crippen molar-refractivity contribution in [2.24, 2.45) is 0 Å². The molecular formula is C22H26Cl2N2O3. The van der Waals surface area contributed by atoms with E-state index in [1.54, 1.807) is 13.2 Å². The number of ether oxygens (including phenoxy) is 1. The number of carbonyl (C=O) groups excluding carboxylic acids is 1. The van der Waals surface area contributed by atoms with Crippen molar-refractivity contribution in [3.05, 3.63) is 71.3 Å². The number of aliphatic hydroxyl groups is 1. The van der Waals surface area contributed by atoms with E-state index in [9.17, 15) is 9.90 Å². The van der Waals surface area contributed by atoms with E-state index in [-0.39, 0.29) is 30.6 Å². The van der Waals surface area contributed by atoms with Gasteiger partial charge in [-0.2, -0.15) is 0 Å². The molecule has 5 nitrogen and oxygen atoms in total. The van der Waals surface area contributed by atoms with Crippen LogP contribution in [0.2, 0.25) is 0 Å². The first-order chi connectivity index (χ1) is 13.2. The Hall–Kier alpha value is -2.05. The fourth-order valence-corrected chi connectivity index (χ4v) is 3.81. The number of anilines is 1. The van der Waals surface area contributed by atoms with E-state index >= 15 is 0 Å². The van der Waals surface area contributed by atoms with Crippen LogP contribution in [-0.4, -0.2) is 55.3 Å². The molecule has 1 saturated heterocycles. The molecule has 0 bridgehead atoms. The third kappa shape index (κ3) is 4.93. The Morgan fingerprint density at radius 2 is 1.66 bits per heavy atom. The Morgan fingerprint density at radius 1 is 1.00 bits per heavy atom. The number of benzene rings is 2. The van der Waals surface area contributed by atoms with Gasteiger partial charge in [-0.25, -0.2) is 0 Å². The molecule has 1 unspecified atom stereocenters. The van der Waals surface area contributed by atoms with Gasteiger partial charge in [-0.1, -0.05) is 24.3 Å². The molecule has 2 aliphatic rings. The van der Waals surface area contributed by atoms with Crippen LogP contribution < -0.4 is 9.64 Å². The summed E-state index contributed by atoms with van der Waals surface area (Å²) < 4.78 is 5.21. The maximum Gasteiger partial charge on any atom is 0.189 e. The standard InChI is InChI=1S/C22H24N2O3.2ClH/c1-27-19-8-6-18(7-9-19)23-10-12-24(13-11-23)21(25)15-17-14-16-4-2-3-5-20(16)22(17)26;;/h2-9,15,21,25H,10-14H2,1H3;2*1H. The van der Waals surface area contributed by atoms with Crippen molar-refractivity contribution in [2.75, 3.05) is 38.2 Å². The van der Waals surface area contributed by atoms with Gasteiger partial charge in [-0.15, -0.1) is 24.8 Å². The number of ketones is 1. The Balaban J connectivity index is 0.00000150. The van der Waals surface area contributed by atoms with E-state index < -0.39 is 6.23 Å². The van der Waals surface area contributed by atoms with Crippen molar-refractivity contribution >= 4 is 36.3 Å². The molecule has 0 radical (unpaired) electrons. The zero-order valence-corrected chi connectivity index (χ0v) is 17.9. The number of hydrogen-bond donors (Lipinski definition) is 1. The molecule has 29 heavy (non-hydrogen) atoms. The summed E-state index contributed by atoms with van der Waals surface area (Å²) in [6.07, 6.45) is 1.61. The summed E-state index contributed by atoms with van der Waals surface area (Å²) >= 11 is 0. The number of fused-ring (bicyclic) bond motifs is 1. The second-order valence-electron chi connectivity index (χ2n) is 6.99. The van der Waals surface area contributed by atoms with Gasteiger partial charge < -0.3 is 14.7 Å². The lowest BCUT2D eigenvalue weighted by molar-refractivity contribution is 0.0369. The summed E-state index contributed by atoms with van der Waals surface area (Å²) in [4.78, 5) is 16.8. The number of carbonyl (C=O) groups is 1. The number of methoxy groups -OCH3 is 1. The van der Waals surface area contributed by atoms with E-state index in [1.165, 1.54) is 0 Å². The Kier molecular flexibility index (Phi) is 8.11. The fraction of sp³-hybridized carbons (Fsp3) is 0.318. The highest BCUT2D eigenvalue weighted by atomic mass is 35.5. The van der Waals surface area contributed by atoms with Crippen LogP contribution in [0.25, 0.3) is 0 Å². The van der Waals surface area contributed by atoms with E-state index in [2.05, 4.69) is 17.0 Å². The number of piperazine rings is 1. The van der Waals surface area contributed by atoms with Gasteiger partial charge in [0.1, 0.15) is 12.0 Å². The molecule has 1 aliphatic carbocycles. The number of Topliss-reactive ketones (excluding diaryl/α,β-unsaturated/α-hetero) is 1. The average Bonchev–Trinajstić information content (AvgIpc) is 3.04. The highest BCUT2D eigenvalue weighted by Crippen LogP contribution is 2.27. The monoisotopic (exact) mass is 436 g/mol. The lowest BCUT2D eigenvalue weighted by Gasteiger charge is -2.37. The minimum atomic E-state index is -0.726. The molecule has 2 aromatic carbocycles. The first-order valence-corrected chi connectivity index (χ1v) is 9.30. The Labute approximate surface area is 183 Å². The number of halogens is 2. The summed E-state index contributed by atoms with van der Waals surface area (Å²) in [5.74, 6) is 0.892. The summed E-state index contributed by atoms with van der Waals surface area (Å²) in [5, 5.41) is 10.6. The first-order valence-electron chi connectivity index (χ1n) is 9.30. The van der Waals surface area contributed by atoms with Crippen molar-refractivity contribution in [3.63, 3.8) is 0 Å². The van der Waals surface area contributed by atoms with Gasteiger partial charge in [0.25, 0.3) is 0 Å². The van der Waals surface area contributed by atoms with Gasteiger partial charge in [0.05, 0.1) is 7.11 Å². The van der Waals surface area contributed by atoms with Crippen LogP contribution in [-0.2, 0) is 6.42 Å². The molecule has 1 aliphatic heterocycles. The van der Waals surface area contributed by atoms with Crippen molar-refractivity contribution in [1.82, 2.24) is 4.90 Å². The lowest BCUT2D eigenvalue weighted by atomic mass is 10.1. The fourth-order valence-electron chi connectivity index (χ4n) is 3.81. The Bertz CT molecular complexity index is 863. The van der Waals surface area contributed by atoms with Gasteiger partial charge in [-0.3, -0.25) is 9.69 Å². The predicted octanol–water partition coefficient (Wildman–Crippen LogP) is 3.34. The number of hydrogen-bond acceptors (Lipinski definition) is 5. The molecule has 1 atom stereocenters. The van der Waals surface area contributed by atoms with E-state index in [0.29, 0.717) is 12.0 Å². The SMILES string of the molecule is COc1ccc(N2CCN(C(O)C=C3Cc4ccccc4C3=O)CC2)cc1.Cl.Cl. The van der Waals surface area contributed by atoms with Crippen molar-refractivity contribution in [1.29, 1.82) is 0 Å². The molecule has 4 rings (SSSR count). The molecule has 7 heteroatoms. The molecule has 1 N–H and O–H groups in total. The second-order valence-corrected chi connectivity index (χ2v) is 6.99. The van der Waals surface area contributed by atoms with Crippen LogP contribution in [0.3, 0.4) is 0 Å². The molecular weight excluding hydrogens is 411 g/mol. The largest absolute Gasteiger partial charge is 0.497 e. The van der Waals surface area contributed by atoms with Crippen molar-refractivity contribution in [2.45, 2.75) is 12.6 Å². The zero-order valence-electron chi connectivity index (χ0n) is 16.3. The quantitative estimate of drug-likeness (QED) is 0.744. The summed E-state index contributed by atoms with van der Waals surface area (Å²) in [6.45, 7) is 3.16. The topological polar surface area (TPSA) is 53.0 Å². The van der Waals surface area contributed by atoms with Crippen LogP contribution in [0, 0.1) is 0 Å². The third-order valence-corrected chi connectivity index (χ3v) is 5.41. The third-order valence-electron chi connectivity index (χ3n) is 5.41. The number of aliphatic hydroxyl groups excluding tert-OH is 1. The summed E-state index contributed by atoms with van der Waals surface area (Å²) in [6, 6.07) is 15.7. The molecule has 1 heterocycles. The zero-order chi connectivity index (χ0) is 18.8. The molecule has 156 valence electrons. The number of nitrogens with zero attached hydrogens (tertiary/aromatic N) is 2. The molecule has 0 aromatic heterocycles. The lowest BCUT2D eigenvalue weighted by Crippen LogP contribution is -2.50. The normalized spacial score (nSPS) is 18.6. The van der Waals surface area contributed by atoms with Crippen LogP contribution in [0.1, 0.15) is 15.9 Å². The maximum atomic E-state index is 12.5. The van der Waals surface area contributed by atoms with E-state index in [0.717, 1.165) is 48.7 Å². The molecule has 0 amide bonds. The highest BCUT2D eigenvalue weighted by molar-refractivity contribution is 6.13. The van der Waals surface area contributed by atoms with Gasteiger partial charge in [0, 0.05) is 49.4 Å². The van der Waals surface area contributed by atoms with Gasteiger partial charge in [0.15, 0.2) is 5.78 Å².